The molecule has 1 aromatic carbocycles. The summed E-state index contributed by atoms with van der Waals surface area (Å²) in [7, 11) is 4.62. The van der Waals surface area contributed by atoms with E-state index in [4.69, 9.17) is 19.9 Å². The van der Waals surface area contributed by atoms with Gasteiger partial charge in [-0.3, -0.25) is 0 Å². The number of aliphatic hydroxyl groups is 1. The van der Waals surface area contributed by atoms with Crippen molar-refractivity contribution in [3.8, 4) is 17.2 Å². The van der Waals surface area contributed by atoms with Crippen molar-refractivity contribution in [2.45, 2.75) is 25.5 Å². The zero-order chi connectivity index (χ0) is 13.7. The quantitative estimate of drug-likeness (QED) is 0.805. The molecule has 0 aliphatic heterocycles. The van der Waals surface area contributed by atoms with E-state index in [1.54, 1.807) is 19.2 Å². The molecule has 1 rings (SSSR count). The number of rotatable bonds is 6. The van der Waals surface area contributed by atoms with E-state index in [1.807, 2.05) is 6.92 Å². The monoisotopic (exact) mass is 255 g/mol. The summed E-state index contributed by atoms with van der Waals surface area (Å²) in [5.74, 6) is 1.55. The highest BCUT2D eigenvalue weighted by Crippen LogP contribution is 2.42. The molecule has 0 aliphatic rings. The van der Waals surface area contributed by atoms with Crippen LogP contribution in [0.1, 0.15) is 24.9 Å². The van der Waals surface area contributed by atoms with Gasteiger partial charge in [0.15, 0.2) is 11.5 Å². The zero-order valence-electron chi connectivity index (χ0n) is 11.3. The lowest BCUT2D eigenvalue weighted by atomic mass is 9.99. The molecule has 0 spiro atoms. The SMILES string of the molecule is CC[C@@H](O)[C@@H](N)c1ccc(OC)c(OC)c1OC. The van der Waals surface area contributed by atoms with Gasteiger partial charge < -0.3 is 25.1 Å². The molecule has 0 bridgehead atoms. The molecule has 102 valence electrons. The van der Waals surface area contributed by atoms with Crippen LogP contribution in [0.4, 0.5) is 0 Å². The molecular formula is C13H21NO4. The van der Waals surface area contributed by atoms with Crippen molar-refractivity contribution in [1.82, 2.24) is 0 Å². The van der Waals surface area contributed by atoms with Gasteiger partial charge in [-0.25, -0.2) is 0 Å². The highest BCUT2D eigenvalue weighted by atomic mass is 16.5. The van der Waals surface area contributed by atoms with Crippen molar-refractivity contribution >= 4 is 0 Å². The second-order valence-corrected chi connectivity index (χ2v) is 3.92. The van der Waals surface area contributed by atoms with Gasteiger partial charge in [-0.15, -0.1) is 0 Å². The van der Waals surface area contributed by atoms with E-state index in [-0.39, 0.29) is 0 Å². The first kappa shape index (κ1) is 14.6. The van der Waals surface area contributed by atoms with Crippen molar-refractivity contribution in [2.75, 3.05) is 21.3 Å². The van der Waals surface area contributed by atoms with Crippen LogP contribution in [0.25, 0.3) is 0 Å². The van der Waals surface area contributed by atoms with Crippen LogP contribution in [0.5, 0.6) is 17.2 Å². The number of ether oxygens (including phenoxy) is 3. The summed E-state index contributed by atoms with van der Waals surface area (Å²) in [6.45, 7) is 1.87. The van der Waals surface area contributed by atoms with Crippen molar-refractivity contribution in [2.24, 2.45) is 5.73 Å². The fourth-order valence-corrected chi connectivity index (χ4v) is 1.85. The number of nitrogens with two attached hydrogens (primary N) is 1. The van der Waals surface area contributed by atoms with Gasteiger partial charge in [0.2, 0.25) is 5.75 Å². The first-order chi connectivity index (χ1) is 8.60. The van der Waals surface area contributed by atoms with Gasteiger partial charge in [0.25, 0.3) is 0 Å². The fourth-order valence-electron chi connectivity index (χ4n) is 1.85. The topological polar surface area (TPSA) is 73.9 Å². The Balaban J connectivity index is 3.28. The van der Waals surface area contributed by atoms with Crippen LogP contribution in [0.15, 0.2) is 12.1 Å². The fraction of sp³-hybridized carbons (Fsp3) is 0.538. The normalized spacial score (nSPS) is 13.9. The van der Waals surface area contributed by atoms with E-state index in [2.05, 4.69) is 0 Å². The molecule has 0 unspecified atom stereocenters. The van der Waals surface area contributed by atoms with Gasteiger partial charge in [0.1, 0.15) is 0 Å². The van der Waals surface area contributed by atoms with Crippen LogP contribution in [0, 0.1) is 0 Å². The Labute approximate surface area is 107 Å². The molecular weight excluding hydrogens is 234 g/mol. The second-order valence-electron chi connectivity index (χ2n) is 3.92. The zero-order valence-corrected chi connectivity index (χ0v) is 11.3. The number of hydrogen-bond acceptors (Lipinski definition) is 5. The van der Waals surface area contributed by atoms with Crippen molar-refractivity contribution in [3.63, 3.8) is 0 Å². The molecule has 0 aliphatic carbocycles. The summed E-state index contributed by atoms with van der Waals surface area (Å²) >= 11 is 0. The average molecular weight is 255 g/mol. The molecule has 1 aromatic rings. The Morgan fingerprint density at radius 2 is 1.72 bits per heavy atom. The first-order valence-electron chi connectivity index (χ1n) is 5.83. The third kappa shape index (κ3) is 2.68. The van der Waals surface area contributed by atoms with E-state index < -0.39 is 12.1 Å². The summed E-state index contributed by atoms with van der Waals surface area (Å²) in [5.41, 5.74) is 6.71. The molecule has 0 heterocycles. The van der Waals surface area contributed by atoms with Gasteiger partial charge in [-0.2, -0.15) is 0 Å². The van der Waals surface area contributed by atoms with Crippen LogP contribution in [0.2, 0.25) is 0 Å². The van der Waals surface area contributed by atoms with Crippen LogP contribution in [-0.2, 0) is 0 Å². The van der Waals surface area contributed by atoms with Crippen LogP contribution < -0.4 is 19.9 Å². The Bertz CT molecular complexity index is 395. The van der Waals surface area contributed by atoms with E-state index in [0.717, 1.165) is 0 Å². The third-order valence-corrected chi connectivity index (χ3v) is 2.93. The predicted molar refractivity (Wildman–Crippen MR) is 69.3 cm³/mol. The summed E-state index contributed by atoms with van der Waals surface area (Å²) < 4.78 is 15.8. The van der Waals surface area contributed by atoms with Gasteiger partial charge in [-0.1, -0.05) is 6.92 Å². The summed E-state index contributed by atoms with van der Waals surface area (Å²) in [4.78, 5) is 0. The smallest absolute Gasteiger partial charge is 0.203 e. The molecule has 18 heavy (non-hydrogen) atoms. The first-order valence-corrected chi connectivity index (χ1v) is 5.83. The maximum absolute atomic E-state index is 9.84. The summed E-state index contributed by atoms with van der Waals surface area (Å²) in [5, 5.41) is 9.84. The van der Waals surface area contributed by atoms with Crippen LogP contribution >= 0.6 is 0 Å². The largest absolute Gasteiger partial charge is 0.493 e. The van der Waals surface area contributed by atoms with Crippen LogP contribution in [-0.4, -0.2) is 32.5 Å². The molecule has 0 fully saturated rings. The van der Waals surface area contributed by atoms with Crippen molar-refractivity contribution < 1.29 is 19.3 Å². The van der Waals surface area contributed by atoms with Crippen molar-refractivity contribution in [1.29, 1.82) is 0 Å². The van der Waals surface area contributed by atoms with Gasteiger partial charge in [-0.05, 0) is 18.6 Å². The number of methoxy groups -OCH3 is 3. The van der Waals surface area contributed by atoms with Gasteiger partial charge >= 0.3 is 0 Å². The molecule has 0 amide bonds. The standard InChI is InChI=1S/C13H21NO4/c1-5-9(15)11(14)8-6-7-10(16-2)13(18-4)12(8)17-3/h6-7,9,11,15H,5,14H2,1-4H3/t9-,11+/m1/s1. The number of benzene rings is 1. The van der Waals surface area contributed by atoms with E-state index >= 15 is 0 Å². The molecule has 5 nitrogen and oxygen atoms in total. The Morgan fingerprint density at radius 3 is 2.17 bits per heavy atom. The van der Waals surface area contributed by atoms with Crippen LogP contribution in [0.3, 0.4) is 0 Å². The lowest BCUT2D eigenvalue weighted by molar-refractivity contribution is 0.139. The lowest BCUT2D eigenvalue weighted by Gasteiger charge is -2.22. The highest BCUT2D eigenvalue weighted by Gasteiger charge is 2.23. The van der Waals surface area contributed by atoms with E-state index in [0.29, 0.717) is 29.2 Å². The second kappa shape index (κ2) is 6.47. The molecule has 0 aromatic heterocycles. The number of aliphatic hydroxyl groups excluding tert-OH is 1. The summed E-state index contributed by atoms with van der Waals surface area (Å²) in [6, 6.07) is 3.01. The highest BCUT2D eigenvalue weighted by molar-refractivity contribution is 5.56. The third-order valence-electron chi connectivity index (χ3n) is 2.93. The minimum absolute atomic E-state index is 0.483. The van der Waals surface area contributed by atoms with E-state index in [9.17, 15) is 5.11 Å². The van der Waals surface area contributed by atoms with Gasteiger partial charge in [0, 0.05) is 5.56 Å². The molecule has 0 saturated heterocycles. The Morgan fingerprint density at radius 1 is 1.11 bits per heavy atom. The van der Waals surface area contributed by atoms with Gasteiger partial charge in [0.05, 0.1) is 33.5 Å². The van der Waals surface area contributed by atoms with E-state index in [1.165, 1.54) is 14.2 Å². The summed E-state index contributed by atoms with van der Waals surface area (Å²) in [6.07, 6.45) is -0.0597. The molecule has 3 N–H and O–H groups in total. The Hall–Kier alpha value is -1.46. The predicted octanol–water partition coefficient (Wildman–Crippen LogP) is 1.48. The maximum Gasteiger partial charge on any atom is 0.203 e. The molecule has 5 heteroatoms. The minimum Gasteiger partial charge on any atom is -0.493 e. The lowest BCUT2D eigenvalue weighted by Crippen LogP contribution is -2.26. The van der Waals surface area contributed by atoms with Crippen molar-refractivity contribution in [3.05, 3.63) is 17.7 Å². The average Bonchev–Trinajstić information content (AvgIpc) is 2.43. The molecule has 0 radical (unpaired) electrons. The minimum atomic E-state index is -0.628. The number of hydrogen-bond donors (Lipinski definition) is 2. The Kier molecular flexibility index (Phi) is 5.25. The maximum atomic E-state index is 9.84. The molecule has 2 atom stereocenters. The molecule has 0 saturated carbocycles.